The van der Waals surface area contributed by atoms with Gasteiger partial charge in [-0.15, -0.1) is 0 Å². The Hall–Kier alpha value is -2.28. The molecule has 1 atom stereocenters. The third-order valence-electron chi connectivity index (χ3n) is 3.50. The van der Waals surface area contributed by atoms with Gasteiger partial charge < -0.3 is 4.74 Å². The summed E-state index contributed by atoms with van der Waals surface area (Å²) in [6.07, 6.45) is 4.01. The average Bonchev–Trinajstić information content (AvgIpc) is 3.05. The van der Waals surface area contributed by atoms with E-state index in [-0.39, 0.29) is 11.9 Å². The predicted molar refractivity (Wildman–Crippen MR) is 72.7 cm³/mol. The fourth-order valence-electron chi connectivity index (χ4n) is 2.62. The maximum absolute atomic E-state index is 11.8. The van der Waals surface area contributed by atoms with Gasteiger partial charge in [-0.05, 0) is 17.7 Å². The van der Waals surface area contributed by atoms with Gasteiger partial charge >= 0.3 is 5.97 Å². The Morgan fingerprint density at radius 2 is 2.30 bits per heavy atom. The molecule has 1 aliphatic rings. The molecule has 20 heavy (non-hydrogen) atoms. The number of carbonyl (C=O) groups excluding carboxylic acids is 1. The molecule has 7 heteroatoms. The van der Waals surface area contributed by atoms with Gasteiger partial charge in [0.05, 0.1) is 24.3 Å². The van der Waals surface area contributed by atoms with E-state index >= 15 is 0 Å². The predicted octanol–water partition coefficient (Wildman–Crippen LogP) is 1.87. The number of rotatable bonds is 1. The van der Waals surface area contributed by atoms with Gasteiger partial charge in [-0.1, -0.05) is 0 Å². The van der Waals surface area contributed by atoms with Crippen molar-refractivity contribution in [3.8, 4) is 5.75 Å². The Kier molecular flexibility index (Phi) is 2.37. The number of ether oxygens (including phenoxy) is 1. The quantitative estimate of drug-likeness (QED) is 0.504. The lowest BCUT2D eigenvalue weighted by atomic mass is 9.87. The standard InChI is InChI=1S/C13H10N4O2S/c1-17-6-7(5-14-17)8-4-11(18)19-10-3-2-9-13(12(8)10)16-20-15-9/h2-3,5-6,8H,4H2,1H3/t8-/m1/s1. The van der Waals surface area contributed by atoms with Gasteiger partial charge in [0, 0.05) is 24.7 Å². The van der Waals surface area contributed by atoms with E-state index in [1.54, 1.807) is 16.9 Å². The largest absolute Gasteiger partial charge is 0.426 e. The van der Waals surface area contributed by atoms with Crippen LogP contribution in [0.25, 0.3) is 11.0 Å². The van der Waals surface area contributed by atoms with E-state index in [1.165, 1.54) is 11.7 Å². The first-order valence-corrected chi connectivity index (χ1v) is 6.90. The first-order chi connectivity index (χ1) is 9.72. The zero-order valence-corrected chi connectivity index (χ0v) is 11.4. The molecule has 1 aliphatic heterocycles. The highest BCUT2D eigenvalue weighted by Gasteiger charge is 2.32. The van der Waals surface area contributed by atoms with Crippen LogP contribution < -0.4 is 4.74 Å². The lowest BCUT2D eigenvalue weighted by molar-refractivity contribution is -0.135. The van der Waals surface area contributed by atoms with Crippen LogP contribution in [-0.4, -0.2) is 24.5 Å². The summed E-state index contributed by atoms with van der Waals surface area (Å²) in [6, 6.07) is 3.62. The summed E-state index contributed by atoms with van der Waals surface area (Å²) in [4.78, 5) is 11.8. The highest BCUT2D eigenvalue weighted by molar-refractivity contribution is 7.00. The molecule has 3 heterocycles. The molecule has 100 valence electrons. The Bertz CT molecular complexity index is 823. The Morgan fingerprint density at radius 3 is 3.10 bits per heavy atom. The molecule has 0 spiro atoms. The monoisotopic (exact) mass is 286 g/mol. The van der Waals surface area contributed by atoms with E-state index in [2.05, 4.69) is 13.8 Å². The SMILES string of the molecule is Cn1cc([C@H]2CC(=O)Oc3ccc4nsnc4c32)cn1. The zero-order chi connectivity index (χ0) is 13.7. The number of fused-ring (bicyclic) bond motifs is 3. The second kappa shape index (κ2) is 4.11. The van der Waals surface area contributed by atoms with Gasteiger partial charge in [-0.2, -0.15) is 13.8 Å². The van der Waals surface area contributed by atoms with Crippen molar-refractivity contribution < 1.29 is 9.53 Å². The molecule has 2 aromatic heterocycles. The van der Waals surface area contributed by atoms with Crippen LogP contribution in [0.15, 0.2) is 24.5 Å². The van der Waals surface area contributed by atoms with Crippen molar-refractivity contribution in [2.75, 3.05) is 0 Å². The van der Waals surface area contributed by atoms with E-state index < -0.39 is 0 Å². The summed E-state index contributed by atoms with van der Waals surface area (Å²) < 4.78 is 15.7. The van der Waals surface area contributed by atoms with E-state index in [1.807, 2.05) is 19.3 Å². The van der Waals surface area contributed by atoms with E-state index in [0.29, 0.717) is 12.2 Å². The molecule has 0 amide bonds. The summed E-state index contributed by atoms with van der Waals surface area (Å²) in [5.41, 5.74) is 3.57. The van der Waals surface area contributed by atoms with Crippen molar-refractivity contribution >= 4 is 28.7 Å². The molecule has 6 nitrogen and oxygen atoms in total. The molecule has 1 aromatic carbocycles. The number of benzene rings is 1. The minimum atomic E-state index is -0.228. The highest BCUT2D eigenvalue weighted by atomic mass is 32.1. The third kappa shape index (κ3) is 1.63. The van der Waals surface area contributed by atoms with Crippen LogP contribution in [0.4, 0.5) is 0 Å². The Balaban J connectivity index is 1.98. The molecule has 0 aliphatic carbocycles. The summed E-state index contributed by atoms with van der Waals surface area (Å²) in [7, 11) is 1.86. The van der Waals surface area contributed by atoms with E-state index in [4.69, 9.17) is 4.74 Å². The first kappa shape index (κ1) is 11.5. The fourth-order valence-corrected chi connectivity index (χ4v) is 3.17. The minimum absolute atomic E-state index is 0.0763. The van der Waals surface area contributed by atoms with Gasteiger partial charge in [0.2, 0.25) is 0 Å². The van der Waals surface area contributed by atoms with Crippen molar-refractivity contribution in [2.45, 2.75) is 12.3 Å². The molecular formula is C13H10N4O2S. The molecule has 0 radical (unpaired) electrons. The van der Waals surface area contributed by atoms with Gasteiger partial charge in [-0.25, -0.2) is 0 Å². The zero-order valence-electron chi connectivity index (χ0n) is 10.6. The van der Waals surface area contributed by atoms with Crippen LogP contribution in [0.3, 0.4) is 0 Å². The van der Waals surface area contributed by atoms with Crippen LogP contribution in [-0.2, 0) is 11.8 Å². The molecule has 0 saturated heterocycles. The number of aromatic nitrogens is 4. The van der Waals surface area contributed by atoms with Gasteiger partial charge in [-0.3, -0.25) is 9.48 Å². The maximum Gasteiger partial charge on any atom is 0.312 e. The molecule has 0 bridgehead atoms. The summed E-state index contributed by atoms with van der Waals surface area (Å²) in [5, 5.41) is 4.19. The number of hydrogen-bond donors (Lipinski definition) is 0. The molecule has 0 unspecified atom stereocenters. The lowest BCUT2D eigenvalue weighted by Crippen LogP contribution is -2.21. The van der Waals surface area contributed by atoms with Crippen molar-refractivity contribution in [1.82, 2.24) is 18.5 Å². The van der Waals surface area contributed by atoms with Crippen LogP contribution in [0.2, 0.25) is 0 Å². The normalized spacial score (nSPS) is 18.1. The van der Waals surface area contributed by atoms with Crippen molar-refractivity contribution in [3.63, 3.8) is 0 Å². The van der Waals surface area contributed by atoms with Crippen LogP contribution in [0, 0.1) is 0 Å². The number of nitrogens with zero attached hydrogens (tertiary/aromatic N) is 4. The molecule has 0 fully saturated rings. The summed E-state index contributed by atoms with van der Waals surface area (Å²) in [6.45, 7) is 0. The lowest BCUT2D eigenvalue weighted by Gasteiger charge is -2.23. The van der Waals surface area contributed by atoms with Crippen molar-refractivity contribution in [2.24, 2.45) is 7.05 Å². The van der Waals surface area contributed by atoms with Crippen molar-refractivity contribution in [1.29, 1.82) is 0 Å². The number of hydrogen-bond acceptors (Lipinski definition) is 6. The number of esters is 1. The smallest absolute Gasteiger partial charge is 0.312 e. The second-order valence-electron chi connectivity index (χ2n) is 4.79. The van der Waals surface area contributed by atoms with Crippen LogP contribution in [0.5, 0.6) is 5.75 Å². The fraction of sp³-hybridized carbons (Fsp3) is 0.231. The molecular weight excluding hydrogens is 276 g/mol. The molecule has 4 rings (SSSR count). The topological polar surface area (TPSA) is 69.9 Å². The summed E-state index contributed by atoms with van der Waals surface area (Å²) in [5.74, 6) is 0.275. The van der Waals surface area contributed by atoms with E-state index in [0.717, 1.165) is 22.2 Å². The third-order valence-corrected chi connectivity index (χ3v) is 4.04. The number of aryl methyl sites for hydroxylation is 1. The maximum atomic E-state index is 11.8. The molecule has 3 aromatic rings. The van der Waals surface area contributed by atoms with Gasteiger partial charge in [0.1, 0.15) is 16.8 Å². The second-order valence-corrected chi connectivity index (χ2v) is 5.32. The van der Waals surface area contributed by atoms with Crippen molar-refractivity contribution in [3.05, 3.63) is 35.7 Å². The molecule has 0 N–H and O–H groups in total. The van der Waals surface area contributed by atoms with Crippen LogP contribution >= 0.6 is 11.7 Å². The first-order valence-electron chi connectivity index (χ1n) is 6.17. The molecule has 0 saturated carbocycles. The highest BCUT2D eigenvalue weighted by Crippen LogP contribution is 2.42. The minimum Gasteiger partial charge on any atom is -0.426 e. The van der Waals surface area contributed by atoms with Gasteiger partial charge in [0.15, 0.2) is 0 Å². The van der Waals surface area contributed by atoms with Gasteiger partial charge in [0.25, 0.3) is 0 Å². The Labute approximate surface area is 118 Å². The number of carbonyl (C=O) groups is 1. The summed E-state index contributed by atoms with van der Waals surface area (Å²) >= 11 is 1.17. The average molecular weight is 286 g/mol. The van der Waals surface area contributed by atoms with Crippen LogP contribution in [0.1, 0.15) is 23.5 Å². The Morgan fingerprint density at radius 1 is 1.40 bits per heavy atom. The van der Waals surface area contributed by atoms with E-state index in [9.17, 15) is 4.79 Å².